The predicted octanol–water partition coefficient (Wildman–Crippen LogP) is 2.34. The van der Waals surface area contributed by atoms with Crippen LogP contribution < -0.4 is 4.90 Å². The summed E-state index contributed by atoms with van der Waals surface area (Å²) in [5.74, 6) is -1.05. The first-order valence-corrected chi connectivity index (χ1v) is 6.74. The number of hydrogen-bond donors (Lipinski definition) is 0. The van der Waals surface area contributed by atoms with Gasteiger partial charge in [-0.05, 0) is 31.9 Å². The molecule has 0 radical (unpaired) electrons. The number of amides is 2. The first kappa shape index (κ1) is 12.8. The molecule has 0 saturated carbocycles. The largest absolute Gasteiger partial charge is 0.294 e. The highest BCUT2D eigenvalue weighted by molar-refractivity contribution is 6.24. The zero-order chi connectivity index (χ0) is 14.3. The standard InChI is InChI=1S/C16H15NO3/c1-10(18)11-6-4-5-9-14(11)17-15(19)12-7-2-3-8-13(12)16(17)20/h2-6,9,12-13H,7-8H2,1H3/t12-,13+. The van der Waals surface area contributed by atoms with Crippen molar-refractivity contribution in [1.82, 2.24) is 0 Å². The molecule has 1 aliphatic heterocycles. The van der Waals surface area contributed by atoms with Crippen molar-refractivity contribution in [2.75, 3.05) is 4.90 Å². The fraction of sp³-hybridized carbons (Fsp3) is 0.312. The van der Waals surface area contributed by atoms with Crippen molar-refractivity contribution in [2.45, 2.75) is 19.8 Å². The number of rotatable bonds is 2. The Balaban J connectivity index is 2.06. The van der Waals surface area contributed by atoms with E-state index in [1.165, 1.54) is 11.8 Å². The Kier molecular flexibility index (Phi) is 3.01. The van der Waals surface area contributed by atoms with Gasteiger partial charge in [0.1, 0.15) is 0 Å². The summed E-state index contributed by atoms with van der Waals surface area (Å²) in [4.78, 5) is 37.9. The number of benzene rings is 1. The molecule has 4 nitrogen and oxygen atoms in total. The zero-order valence-corrected chi connectivity index (χ0v) is 11.2. The second-order valence-electron chi connectivity index (χ2n) is 5.24. The quantitative estimate of drug-likeness (QED) is 0.470. The molecule has 1 fully saturated rings. The van der Waals surface area contributed by atoms with Crippen LogP contribution in [-0.2, 0) is 9.59 Å². The number of carbonyl (C=O) groups excluding carboxylic acids is 3. The van der Waals surface area contributed by atoms with Gasteiger partial charge >= 0.3 is 0 Å². The molecule has 0 unspecified atom stereocenters. The summed E-state index contributed by atoms with van der Waals surface area (Å²) in [6.07, 6.45) is 5.11. The molecule has 2 amide bonds. The van der Waals surface area contributed by atoms with Crippen molar-refractivity contribution in [3.05, 3.63) is 42.0 Å². The summed E-state index contributed by atoms with van der Waals surface area (Å²) in [5, 5.41) is 0. The molecule has 1 aromatic rings. The third-order valence-electron chi connectivity index (χ3n) is 4.03. The number of allylic oxidation sites excluding steroid dienone is 2. The number of para-hydroxylation sites is 1. The van der Waals surface area contributed by atoms with Crippen LogP contribution in [0.25, 0.3) is 0 Å². The summed E-state index contributed by atoms with van der Waals surface area (Å²) >= 11 is 0. The highest BCUT2D eigenvalue weighted by Gasteiger charge is 2.48. The fourth-order valence-corrected chi connectivity index (χ4v) is 3.00. The highest BCUT2D eigenvalue weighted by atomic mass is 16.2. The van der Waals surface area contributed by atoms with Gasteiger partial charge in [0, 0.05) is 5.56 Å². The lowest BCUT2D eigenvalue weighted by molar-refractivity contribution is -0.122. The Bertz CT molecular complexity index is 606. The van der Waals surface area contributed by atoms with Crippen LogP contribution in [0, 0.1) is 11.8 Å². The maximum Gasteiger partial charge on any atom is 0.238 e. The first-order valence-electron chi connectivity index (χ1n) is 6.74. The molecule has 2 atom stereocenters. The van der Waals surface area contributed by atoms with E-state index in [2.05, 4.69) is 0 Å². The molecule has 3 rings (SSSR count). The van der Waals surface area contributed by atoms with Gasteiger partial charge in [0.25, 0.3) is 0 Å². The van der Waals surface area contributed by atoms with Gasteiger partial charge in [-0.15, -0.1) is 0 Å². The maximum absolute atomic E-state index is 12.5. The van der Waals surface area contributed by atoms with E-state index in [9.17, 15) is 14.4 Å². The molecule has 0 aromatic heterocycles. The van der Waals surface area contributed by atoms with Crippen LogP contribution in [0.2, 0.25) is 0 Å². The smallest absolute Gasteiger partial charge is 0.238 e. The highest BCUT2D eigenvalue weighted by Crippen LogP contribution is 2.38. The van der Waals surface area contributed by atoms with Gasteiger partial charge in [0.15, 0.2) is 5.78 Å². The Morgan fingerprint density at radius 2 is 1.60 bits per heavy atom. The number of nitrogens with zero attached hydrogens (tertiary/aromatic N) is 1. The Morgan fingerprint density at radius 3 is 2.15 bits per heavy atom. The summed E-state index contributed by atoms with van der Waals surface area (Å²) in [5.41, 5.74) is 0.838. The second-order valence-corrected chi connectivity index (χ2v) is 5.24. The van der Waals surface area contributed by atoms with Crippen molar-refractivity contribution in [1.29, 1.82) is 0 Å². The zero-order valence-electron chi connectivity index (χ0n) is 11.2. The molecule has 2 aliphatic rings. The summed E-state index contributed by atoms with van der Waals surface area (Å²) < 4.78 is 0. The molecule has 1 saturated heterocycles. The average molecular weight is 269 g/mol. The summed E-state index contributed by atoms with van der Waals surface area (Å²) in [6, 6.07) is 6.79. The molecular weight excluding hydrogens is 254 g/mol. The van der Waals surface area contributed by atoms with Crippen LogP contribution >= 0.6 is 0 Å². The number of hydrogen-bond acceptors (Lipinski definition) is 3. The molecule has 4 heteroatoms. The number of ketones is 1. The van der Waals surface area contributed by atoms with Crippen molar-refractivity contribution in [2.24, 2.45) is 11.8 Å². The van der Waals surface area contributed by atoms with Gasteiger partial charge in [-0.1, -0.05) is 24.3 Å². The lowest BCUT2D eigenvalue weighted by atomic mass is 9.85. The van der Waals surface area contributed by atoms with Crippen molar-refractivity contribution in [3.8, 4) is 0 Å². The minimum absolute atomic E-state index is 0.144. The number of Topliss-reactive ketones (excluding diaryl/α,β-unsaturated/α-hetero) is 1. The lowest BCUT2D eigenvalue weighted by Crippen LogP contribution is -2.32. The minimum Gasteiger partial charge on any atom is -0.294 e. The number of anilines is 1. The van der Waals surface area contributed by atoms with Gasteiger partial charge in [-0.2, -0.15) is 0 Å². The van der Waals surface area contributed by atoms with E-state index < -0.39 is 0 Å². The Morgan fingerprint density at radius 1 is 1.05 bits per heavy atom. The van der Waals surface area contributed by atoms with Crippen LogP contribution in [0.3, 0.4) is 0 Å². The Labute approximate surface area is 117 Å². The van der Waals surface area contributed by atoms with Crippen LogP contribution in [0.15, 0.2) is 36.4 Å². The second kappa shape index (κ2) is 4.71. The van der Waals surface area contributed by atoms with E-state index in [4.69, 9.17) is 0 Å². The van der Waals surface area contributed by atoms with Crippen LogP contribution in [0.4, 0.5) is 5.69 Å². The van der Waals surface area contributed by atoms with E-state index in [0.717, 1.165) is 0 Å². The predicted molar refractivity (Wildman–Crippen MR) is 74.3 cm³/mol. The monoisotopic (exact) mass is 269 g/mol. The van der Waals surface area contributed by atoms with E-state index in [0.29, 0.717) is 24.1 Å². The molecule has 20 heavy (non-hydrogen) atoms. The lowest BCUT2D eigenvalue weighted by Gasteiger charge is -2.17. The SMILES string of the molecule is CC(=O)c1ccccc1N1C(=O)[C@H]2CC=CC[C@H]2C1=O. The third kappa shape index (κ3) is 1.80. The van der Waals surface area contributed by atoms with E-state index in [1.54, 1.807) is 24.3 Å². The van der Waals surface area contributed by atoms with Crippen LogP contribution in [0.5, 0.6) is 0 Å². The molecule has 0 spiro atoms. The number of carbonyl (C=O) groups is 3. The van der Waals surface area contributed by atoms with E-state index >= 15 is 0 Å². The third-order valence-corrected chi connectivity index (χ3v) is 4.03. The molecule has 102 valence electrons. The van der Waals surface area contributed by atoms with Crippen molar-refractivity contribution < 1.29 is 14.4 Å². The number of imide groups is 1. The van der Waals surface area contributed by atoms with Gasteiger partial charge in [0.2, 0.25) is 11.8 Å². The molecular formula is C16H15NO3. The molecule has 1 heterocycles. The van der Waals surface area contributed by atoms with Crippen molar-refractivity contribution in [3.63, 3.8) is 0 Å². The van der Waals surface area contributed by atoms with Crippen LogP contribution in [0.1, 0.15) is 30.1 Å². The van der Waals surface area contributed by atoms with E-state index in [-0.39, 0.29) is 29.4 Å². The minimum atomic E-state index is -0.271. The maximum atomic E-state index is 12.5. The van der Waals surface area contributed by atoms with E-state index in [1.807, 2.05) is 12.2 Å². The topological polar surface area (TPSA) is 54.5 Å². The molecule has 1 aliphatic carbocycles. The first-order chi connectivity index (χ1) is 9.61. The fourth-order valence-electron chi connectivity index (χ4n) is 3.00. The summed E-state index contributed by atoms with van der Waals surface area (Å²) in [6.45, 7) is 1.44. The van der Waals surface area contributed by atoms with Crippen LogP contribution in [-0.4, -0.2) is 17.6 Å². The number of fused-ring (bicyclic) bond motifs is 1. The average Bonchev–Trinajstić information content (AvgIpc) is 2.71. The summed E-state index contributed by atoms with van der Waals surface area (Å²) in [7, 11) is 0. The van der Waals surface area contributed by atoms with Gasteiger partial charge in [-0.25, -0.2) is 4.90 Å². The van der Waals surface area contributed by atoms with Gasteiger partial charge in [-0.3, -0.25) is 14.4 Å². The molecule has 0 bridgehead atoms. The molecule has 1 aromatic carbocycles. The Hall–Kier alpha value is -2.23. The molecule has 0 N–H and O–H groups in total. The normalized spacial score (nSPS) is 24.9. The van der Waals surface area contributed by atoms with Gasteiger partial charge in [0.05, 0.1) is 17.5 Å². The van der Waals surface area contributed by atoms with Crippen molar-refractivity contribution >= 4 is 23.3 Å². The van der Waals surface area contributed by atoms with Gasteiger partial charge < -0.3 is 0 Å².